The van der Waals surface area contributed by atoms with Crippen LogP contribution >= 0.6 is 0 Å². The average molecular weight is 498 g/mol. The van der Waals surface area contributed by atoms with Crippen LogP contribution in [0.3, 0.4) is 0 Å². The Balaban J connectivity index is 2.14. The molecule has 0 bridgehead atoms. The van der Waals surface area contributed by atoms with Crippen LogP contribution in [0.25, 0.3) is 0 Å². The lowest BCUT2D eigenvalue weighted by molar-refractivity contribution is -0.376. The largest absolute Gasteiger partial charge is 0.493 e. The summed E-state index contributed by atoms with van der Waals surface area (Å²) in [5, 5.41) is 12.3. The third-order valence-electron chi connectivity index (χ3n) is 5.65. The normalized spacial score (nSPS) is 17.4. The van der Waals surface area contributed by atoms with E-state index in [-0.39, 0.29) is 42.4 Å². The number of carbonyl (C=O) groups is 2. The van der Waals surface area contributed by atoms with Gasteiger partial charge in [-0.15, -0.1) is 0 Å². The number of hydrogen-bond donors (Lipinski definition) is 2. The first-order valence-electron chi connectivity index (χ1n) is 10.9. The molecule has 1 aliphatic heterocycles. The van der Waals surface area contributed by atoms with Crippen molar-refractivity contribution in [2.24, 2.45) is 0 Å². The number of ether oxygens (including phenoxy) is 1. The van der Waals surface area contributed by atoms with Gasteiger partial charge in [-0.2, -0.15) is 26.3 Å². The van der Waals surface area contributed by atoms with Gasteiger partial charge in [-0.1, -0.05) is 20.3 Å². The zero-order chi connectivity index (χ0) is 25.9. The van der Waals surface area contributed by atoms with Crippen molar-refractivity contribution in [2.45, 2.75) is 76.9 Å². The number of urea groups is 1. The first-order chi connectivity index (χ1) is 15.7. The Morgan fingerprint density at radius 3 is 2.18 bits per heavy atom. The Labute approximate surface area is 193 Å². The summed E-state index contributed by atoms with van der Waals surface area (Å²) >= 11 is 0. The first kappa shape index (κ1) is 27.7. The van der Waals surface area contributed by atoms with Crippen LogP contribution in [0.15, 0.2) is 12.1 Å². The van der Waals surface area contributed by atoms with E-state index >= 15 is 0 Å². The van der Waals surface area contributed by atoms with Gasteiger partial charge < -0.3 is 15.2 Å². The molecule has 2 N–H and O–H groups in total. The SMILES string of the molecule is CCCc1cc(C(O)(C(F)(F)F)C(F)(F)F)cc(C)c1OCCCCN1C(=O)NC(CC)C1=O. The number of halogens is 6. The van der Waals surface area contributed by atoms with Gasteiger partial charge in [-0.3, -0.25) is 9.69 Å². The summed E-state index contributed by atoms with van der Waals surface area (Å²) in [6.45, 7) is 5.01. The van der Waals surface area contributed by atoms with Crippen molar-refractivity contribution < 1.29 is 45.8 Å². The molecular weight excluding hydrogens is 470 g/mol. The summed E-state index contributed by atoms with van der Waals surface area (Å²) in [5.41, 5.74) is -6.19. The molecule has 0 spiro atoms. The first-order valence-corrected chi connectivity index (χ1v) is 10.9. The average Bonchev–Trinajstić information content (AvgIpc) is 3.00. The summed E-state index contributed by atoms with van der Waals surface area (Å²) < 4.78 is 85.4. The second-order valence-corrected chi connectivity index (χ2v) is 8.19. The quantitative estimate of drug-likeness (QED) is 0.277. The maximum absolute atomic E-state index is 13.3. The van der Waals surface area contributed by atoms with E-state index < -0.39 is 35.6 Å². The van der Waals surface area contributed by atoms with E-state index in [9.17, 15) is 41.0 Å². The molecule has 192 valence electrons. The summed E-state index contributed by atoms with van der Waals surface area (Å²) in [6, 6.07) is 0.295. The van der Waals surface area contributed by atoms with Crippen molar-refractivity contribution in [3.05, 3.63) is 28.8 Å². The third-order valence-corrected chi connectivity index (χ3v) is 5.65. The van der Waals surface area contributed by atoms with E-state index in [4.69, 9.17) is 4.74 Å². The van der Waals surface area contributed by atoms with Gasteiger partial charge >= 0.3 is 18.4 Å². The standard InChI is InChI=1S/C22H28F6N2O4/c1-4-8-14-12-15(20(33,21(23,24)25)22(26,27)28)11-13(3)17(14)34-10-7-6-9-30-18(31)16(5-2)29-19(30)32/h11-12,16,33H,4-10H2,1-3H3,(H,29,32). The lowest BCUT2D eigenvalue weighted by Gasteiger charge is -2.33. The lowest BCUT2D eigenvalue weighted by atomic mass is 9.88. The molecule has 2 rings (SSSR count). The molecule has 1 heterocycles. The monoisotopic (exact) mass is 498 g/mol. The Kier molecular flexibility index (Phi) is 8.49. The third kappa shape index (κ3) is 5.42. The van der Waals surface area contributed by atoms with Gasteiger partial charge in [0.1, 0.15) is 11.8 Å². The number of imide groups is 1. The molecule has 0 radical (unpaired) electrons. The highest BCUT2D eigenvalue weighted by Gasteiger charge is 2.71. The summed E-state index contributed by atoms with van der Waals surface area (Å²) in [5.74, 6) is -0.162. The van der Waals surface area contributed by atoms with Gasteiger partial charge in [-0.25, -0.2) is 4.79 Å². The minimum atomic E-state index is -5.97. The number of benzene rings is 1. The molecule has 12 heteroatoms. The predicted molar refractivity (Wildman–Crippen MR) is 110 cm³/mol. The minimum absolute atomic E-state index is 0.0211. The topological polar surface area (TPSA) is 78.9 Å². The Bertz CT molecular complexity index is 887. The Morgan fingerprint density at radius 2 is 1.68 bits per heavy atom. The van der Waals surface area contributed by atoms with E-state index in [2.05, 4.69) is 5.32 Å². The molecule has 1 fully saturated rings. The number of alkyl halides is 6. The molecule has 3 amide bonds. The van der Waals surface area contributed by atoms with E-state index in [1.807, 2.05) is 0 Å². The molecule has 1 aromatic rings. The highest BCUT2D eigenvalue weighted by atomic mass is 19.4. The van der Waals surface area contributed by atoms with Gasteiger partial charge in [-0.05, 0) is 55.9 Å². The molecule has 0 aliphatic carbocycles. The highest BCUT2D eigenvalue weighted by molar-refractivity contribution is 6.04. The molecule has 6 nitrogen and oxygen atoms in total. The van der Waals surface area contributed by atoms with Crippen LogP contribution in [0.2, 0.25) is 0 Å². The number of carbonyl (C=O) groups excluding carboxylic acids is 2. The maximum Gasteiger partial charge on any atom is 0.430 e. The Morgan fingerprint density at radius 1 is 1.06 bits per heavy atom. The molecular formula is C22H28F6N2O4. The Hall–Kier alpha value is -2.50. The van der Waals surface area contributed by atoms with Crippen molar-refractivity contribution in [3.63, 3.8) is 0 Å². The van der Waals surface area contributed by atoms with Gasteiger partial charge in [0.15, 0.2) is 0 Å². The van der Waals surface area contributed by atoms with E-state index in [0.717, 1.165) is 4.90 Å². The zero-order valence-corrected chi connectivity index (χ0v) is 19.1. The van der Waals surface area contributed by atoms with Crippen LogP contribution in [-0.4, -0.2) is 53.5 Å². The number of aliphatic hydroxyl groups is 1. The number of aryl methyl sites for hydroxylation is 2. The molecule has 1 saturated heterocycles. The maximum atomic E-state index is 13.3. The number of amides is 3. The van der Waals surface area contributed by atoms with Gasteiger partial charge in [0.05, 0.1) is 6.61 Å². The molecule has 1 aromatic carbocycles. The molecule has 1 unspecified atom stereocenters. The van der Waals surface area contributed by atoms with Crippen LogP contribution in [0.1, 0.15) is 56.2 Å². The van der Waals surface area contributed by atoms with Crippen LogP contribution in [0.4, 0.5) is 31.1 Å². The van der Waals surface area contributed by atoms with Crippen LogP contribution in [-0.2, 0) is 16.8 Å². The van der Waals surface area contributed by atoms with Crippen molar-refractivity contribution in [2.75, 3.05) is 13.2 Å². The number of unbranched alkanes of at least 4 members (excludes halogenated alkanes) is 1. The number of rotatable bonds is 10. The summed E-state index contributed by atoms with van der Waals surface area (Å²) in [4.78, 5) is 25.0. The second-order valence-electron chi connectivity index (χ2n) is 8.19. The molecule has 0 aromatic heterocycles. The van der Waals surface area contributed by atoms with Crippen molar-refractivity contribution in [3.8, 4) is 5.75 Å². The fraction of sp³-hybridized carbons (Fsp3) is 0.636. The van der Waals surface area contributed by atoms with Crippen molar-refractivity contribution in [1.29, 1.82) is 0 Å². The summed E-state index contributed by atoms with van der Waals surface area (Å²) in [7, 11) is 0. The van der Waals surface area contributed by atoms with Crippen molar-refractivity contribution in [1.82, 2.24) is 10.2 Å². The van der Waals surface area contributed by atoms with E-state index in [0.29, 0.717) is 37.8 Å². The highest BCUT2D eigenvalue weighted by Crippen LogP contribution is 2.51. The number of nitrogens with one attached hydrogen (secondary N) is 1. The fourth-order valence-corrected chi connectivity index (χ4v) is 3.82. The number of hydrogen-bond acceptors (Lipinski definition) is 4. The molecule has 1 atom stereocenters. The lowest BCUT2D eigenvalue weighted by Crippen LogP contribution is -2.54. The van der Waals surface area contributed by atoms with Gasteiger partial charge in [0.2, 0.25) is 0 Å². The molecule has 0 saturated carbocycles. The van der Waals surface area contributed by atoms with Gasteiger partial charge in [0, 0.05) is 12.1 Å². The predicted octanol–water partition coefficient (Wildman–Crippen LogP) is 4.75. The van der Waals surface area contributed by atoms with E-state index in [1.54, 1.807) is 13.8 Å². The van der Waals surface area contributed by atoms with Crippen LogP contribution < -0.4 is 10.1 Å². The van der Waals surface area contributed by atoms with Crippen LogP contribution in [0.5, 0.6) is 5.75 Å². The van der Waals surface area contributed by atoms with Crippen LogP contribution in [0, 0.1) is 6.92 Å². The zero-order valence-electron chi connectivity index (χ0n) is 19.1. The fourth-order valence-electron chi connectivity index (χ4n) is 3.82. The molecule has 1 aliphatic rings. The van der Waals surface area contributed by atoms with E-state index in [1.165, 1.54) is 6.92 Å². The number of nitrogens with zero attached hydrogens (tertiary/aromatic N) is 1. The van der Waals surface area contributed by atoms with Crippen molar-refractivity contribution >= 4 is 11.9 Å². The smallest absolute Gasteiger partial charge is 0.430 e. The summed E-state index contributed by atoms with van der Waals surface area (Å²) in [6.07, 6.45) is -10.1. The molecule has 34 heavy (non-hydrogen) atoms. The van der Waals surface area contributed by atoms with Gasteiger partial charge in [0.25, 0.3) is 11.5 Å². The minimum Gasteiger partial charge on any atom is -0.493 e. The second kappa shape index (κ2) is 10.4.